The van der Waals surface area contributed by atoms with Gasteiger partial charge in [0.15, 0.2) is 0 Å². The minimum absolute atomic E-state index is 0.0848. The van der Waals surface area contributed by atoms with E-state index in [1.165, 1.54) is 6.33 Å². The molecule has 3 N–H and O–H groups in total. The summed E-state index contributed by atoms with van der Waals surface area (Å²) in [5, 5.41) is 6.16. The Balaban J connectivity index is 2.34. The Morgan fingerprint density at radius 2 is 2.38 bits per heavy atom. The fourth-order valence-corrected chi connectivity index (χ4v) is 1.59. The third kappa shape index (κ3) is 4.23. The highest BCUT2D eigenvalue weighted by Gasteiger charge is 2.13. The van der Waals surface area contributed by atoms with E-state index < -0.39 is 16.3 Å². The van der Waals surface area contributed by atoms with E-state index in [-0.39, 0.29) is 6.54 Å². The maximum atomic E-state index is 11.2. The SMILES string of the molecule is COC(=O)NS(=O)(=O)NCCc1ncn[nH]1. The number of aromatic amines is 1. The smallest absolute Gasteiger partial charge is 0.421 e. The lowest BCUT2D eigenvalue weighted by molar-refractivity contribution is 0.177. The van der Waals surface area contributed by atoms with Crippen LogP contribution in [0.5, 0.6) is 0 Å². The van der Waals surface area contributed by atoms with E-state index in [9.17, 15) is 13.2 Å². The molecule has 0 bridgehead atoms. The number of amides is 1. The molecule has 1 aromatic heterocycles. The maximum absolute atomic E-state index is 11.2. The van der Waals surface area contributed by atoms with Gasteiger partial charge in [-0.2, -0.15) is 18.2 Å². The Bertz CT molecular complexity index is 428. The van der Waals surface area contributed by atoms with E-state index in [0.29, 0.717) is 12.2 Å². The van der Waals surface area contributed by atoms with Gasteiger partial charge in [-0.1, -0.05) is 0 Å². The van der Waals surface area contributed by atoms with Gasteiger partial charge in [-0.25, -0.2) is 14.5 Å². The molecule has 1 amide bonds. The highest BCUT2D eigenvalue weighted by atomic mass is 32.2. The van der Waals surface area contributed by atoms with Crippen molar-refractivity contribution in [3.63, 3.8) is 0 Å². The fourth-order valence-electron chi connectivity index (χ4n) is 0.843. The standard InChI is InChI=1S/C6H11N5O4S/c1-15-6(12)11-16(13,14)9-3-2-5-7-4-8-10-5/h4,9H,2-3H2,1H3,(H,11,12)(H,7,8,10). The van der Waals surface area contributed by atoms with Crippen LogP contribution in [-0.2, 0) is 21.4 Å². The second-order valence-electron chi connectivity index (χ2n) is 2.67. The highest BCUT2D eigenvalue weighted by Crippen LogP contribution is 1.87. The molecular weight excluding hydrogens is 238 g/mol. The predicted octanol–water partition coefficient (Wildman–Crippen LogP) is -1.46. The maximum Gasteiger partial charge on any atom is 0.421 e. The summed E-state index contributed by atoms with van der Waals surface area (Å²) in [7, 11) is -2.81. The molecule has 0 unspecified atom stereocenters. The van der Waals surface area contributed by atoms with Gasteiger partial charge in [0.2, 0.25) is 0 Å². The second-order valence-corrected chi connectivity index (χ2v) is 4.17. The van der Waals surface area contributed by atoms with E-state index in [2.05, 4.69) is 24.6 Å². The molecule has 0 aliphatic rings. The molecule has 90 valence electrons. The molecule has 0 saturated carbocycles. The Morgan fingerprint density at radius 1 is 1.62 bits per heavy atom. The van der Waals surface area contributed by atoms with E-state index in [4.69, 9.17) is 0 Å². The third-order valence-corrected chi connectivity index (χ3v) is 2.54. The number of hydrogen-bond donors (Lipinski definition) is 3. The molecule has 9 nitrogen and oxygen atoms in total. The van der Waals surface area contributed by atoms with Crippen molar-refractivity contribution in [1.29, 1.82) is 0 Å². The summed E-state index contributed by atoms with van der Waals surface area (Å²) in [6, 6.07) is 0. The zero-order chi connectivity index (χ0) is 12.0. The number of aromatic nitrogens is 3. The topological polar surface area (TPSA) is 126 Å². The number of carbonyl (C=O) groups is 1. The van der Waals surface area contributed by atoms with Gasteiger partial charge in [-0.05, 0) is 0 Å². The van der Waals surface area contributed by atoms with Crippen molar-refractivity contribution in [3.8, 4) is 0 Å². The number of H-pyrrole nitrogens is 1. The van der Waals surface area contributed by atoms with Crippen LogP contribution >= 0.6 is 0 Å². The number of methoxy groups -OCH3 is 1. The van der Waals surface area contributed by atoms with E-state index in [0.717, 1.165) is 7.11 Å². The van der Waals surface area contributed by atoms with Crippen LogP contribution < -0.4 is 9.44 Å². The van der Waals surface area contributed by atoms with Crippen LogP contribution in [0.1, 0.15) is 5.82 Å². The Labute approximate surface area is 91.8 Å². The van der Waals surface area contributed by atoms with Gasteiger partial charge >= 0.3 is 16.3 Å². The highest BCUT2D eigenvalue weighted by molar-refractivity contribution is 7.88. The van der Waals surface area contributed by atoms with Gasteiger partial charge < -0.3 is 4.74 Å². The van der Waals surface area contributed by atoms with Crippen molar-refractivity contribution < 1.29 is 17.9 Å². The largest absolute Gasteiger partial charge is 0.452 e. The van der Waals surface area contributed by atoms with Crippen LogP contribution in [0.3, 0.4) is 0 Å². The summed E-state index contributed by atoms with van der Waals surface area (Å²) in [6.07, 6.45) is 0.602. The molecule has 1 aromatic rings. The summed E-state index contributed by atoms with van der Waals surface area (Å²) in [5.41, 5.74) is 0. The van der Waals surface area contributed by atoms with Crippen molar-refractivity contribution in [1.82, 2.24) is 24.6 Å². The zero-order valence-corrected chi connectivity index (χ0v) is 9.24. The Hall–Kier alpha value is -1.68. The van der Waals surface area contributed by atoms with Crippen molar-refractivity contribution in [3.05, 3.63) is 12.2 Å². The molecule has 10 heteroatoms. The molecule has 16 heavy (non-hydrogen) atoms. The lowest BCUT2D eigenvalue weighted by Crippen LogP contribution is -2.41. The average molecular weight is 249 g/mol. The molecule has 0 aromatic carbocycles. The lowest BCUT2D eigenvalue weighted by Gasteiger charge is -2.05. The van der Waals surface area contributed by atoms with Crippen molar-refractivity contribution in [2.45, 2.75) is 6.42 Å². The number of ether oxygens (including phenoxy) is 1. The van der Waals surface area contributed by atoms with Crippen LogP contribution in [-0.4, -0.2) is 43.3 Å². The number of nitrogens with one attached hydrogen (secondary N) is 3. The van der Waals surface area contributed by atoms with Crippen molar-refractivity contribution >= 4 is 16.3 Å². The first-order valence-corrected chi connectivity index (χ1v) is 5.71. The molecule has 0 fully saturated rings. The first-order chi connectivity index (χ1) is 7.53. The predicted molar refractivity (Wildman–Crippen MR) is 52.5 cm³/mol. The molecule has 0 spiro atoms. The van der Waals surface area contributed by atoms with Crippen molar-refractivity contribution in [2.75, 3.05) is 13.7 Å². The molecule has 1 heterocycles. The molecular formula is C6H11N5O4S. The van der Waals surface area contributed by atoms with E-state index in [1.54, 1.807) is 4.72 Å². The third-order valence-electron chi connectivity index (χ3n) is 1.52. The normalized spacial score (nSPS) is 11.1. The first kappa shape index (κ1) is 12.4. The molecule has 0 aliphatic carbocycles. The Kier molecular flexibility index (Phi) is 4.19. The summed E-state index contributed by atoms with van der Waals surface area (Å²) >= 11 is 0. The molecule has 0 saturated heterocycles. The quantitative estimate of drug-likeness (QED) is 0.585. The van der Waals surface area contributed by atoms with Gasteiger partial charge in [-0.3, -0.25) is 5.10 Å². The minimum atomic E-state index is -3.88. The number of carbonyl (C=O) groups excluding carboxylic acids is 1. The van der Waals surface area contributed by atoms with Gasteiger partial charge in [0.25, 0.3) is 0 Å². The Morgan fingerprint density at radius 3 is 2.94 bits per heavy atom. The first-order valence-electron chi connectivity index (χ1n) is 4.23. The van der Waals surface area contributed by atoms with Crippen LogP contribution in [0, 0.1) is 0 Å². The number of nitrogens with zero attached hydrogens (tertiary/aromatic N) is 2. The summed E-state index contributed by atoms with van der Waals surface area (Å²) in [4.78, 5) is 14.4. The van der Waals surface area contributed by atoms with Gasteiger partial charge in [0.05, 0.1) is 7.11 Å². The zero-order valence-electron chi connectivity index (χ0n) is 8.43. The van der Waals surface area contributed by atoms with E-state index >= 15 is 0 Å². The molecule has 1 rings (SSSR count). The van der Waals surface area contributed by atoms with Gasteiger partial charge in [0, 0.05) is 13.0 Å². The molecule has 0 radical (unpaired) electrons. The van der Waals surface area contributed by atoms with Crippen LogP contribution in [0.25, 0.3) is 0 Å². The molecule has 0 atom stereocenters. The van der Waals surface area contributed by atoms with Crippen LogP contribution in [0.2, 0.25) is 0 Å². The lowest BCUT2D eigenvalue weighted by atomic mass is 10.4. The monoisotopic (exact) mass is 249 g/mol. The number of rotatable bonds is 5. The second kappa shape index (κ2) is 5.42. The molecule has 0 aliphatic heterocycles. The fraction of sp³-hybridized carbons (Fsp3) is 0.500. The average Bonchev–Trinajstić information content (AvgIpc) is 2.69. The van der Waals surface area contributed by atoms with Crippen LogP contribution in [0.4, 0.5) is 4.79 Å². The minimum Gasteiger partial charge on any atom is -0.452 e. The summed E-state index contributed by atoms with van der Waals surface area (Å²) in [5.74, 6) is 0.542. The van der Waals surface area contributed by atoms with Gasteiger partial charge in [-0.15, -0.1) is 0 Å². The van der Waals surface area contributed by atoms with Crippen LogP contribution in [0.15, 0.2) is 6.33 Å². The summed E-state index contributed by atoms with van der Waals surface area (Å²) in [6.45, 7) is 0.0848. The van der Waals surface area contributed by atoms with E-state index in [1.807, 2.05) is 0 Å². The van der Waals surface area contributed by atoms with Gasteiger partial charge in [0.1, 0.15) is 12.2 Å². The van der Waals surface area contributed by atoms with Crippen molar-refractivity contribution in [2.24, 2.45) is 0 Å². The number of hydrogen-bond acceptors (Lipinski definition) is 6. The summed E-state index contributed by atoms with van der Waals surface area (Å²) < 4.78 is 30.2.